The van der Waals surface area contributed by atoms with Crippen molar-refractivity contribution in [2.24, 2.45) is 10.9 Å². The highest BCUT2D eigenvalue weighted by Gasteiger charge is 2.33. The van der Waals surface area contributed by atoms with Crippen LogP contribution >= 0.6 is 11.6 Å². The summed E-state index contributed by atoms with van der Waals surface area (Å²) in [6, 6.07) is 7.26. The van der Waals surface area contributed by atoms with Crippen molar-refractivity contribution in [3.63, 3.8) is 0 Å². The molecule has 0 saturated carbocycles. The molecule has 132 valence electrons. The number of amides is 2. The smallest absolute Gasteiger partial charge is 0.251 e. The molecule has 5 heteroatoms. The van der Waals surface area contributed by atoms with Crippen LogP contribution in [0.1, 0.15) is 31.2 Å². The van der Waals surface area contributed by atoms with Crippen molar-refractivity contribution >= 4 is 29.1 Å². The van der Waals surface area contributed by atoms with Crippen LogP contribution in [-0.2, 0) is 16.0 Å². The van der Waals surface area contributed by atoms with Crippen LogP contribution in [0.4, 0.5) is 0 Å². The van der Waals surface area contributed by atoms with Gasteiger partial charge in [0.15, 0.2) is 0 Å². The second-order valence-electron chi connectivity index (χ2n) is 6.80. The number of rotatable bonds is 2. The van der Waals surface area contributed by atoms with Gasteiger partial charge >= 0.3 is 0 Å². The third-order valence-electron chi connectivity index (χ3n) is 5.07. The predicted octanol–water partition coefficient (Wildman–Crippen LogP) is 3.92. The van der Waals surface area contributed by atoms with Crippen LogP contribution in [-0.4, -0.2) is 17.5 Å². The van der Waals surface area contributed by atoms with Crippen molar-refractivity contribution in [1.82, 2.24) is 5.32 Å². The van der Waals surface area contributed by atoms with Crippen LogP contribution in [0.3, 0.4) is 0 Å². The van der Waals surface area contributed by atoms with Gasteiger partial charge in [-0.2, -0.15) is 0 Å². The summed E-state index contributed by atoms with van der Waals surface area (Å²) < 4.78 is 0. The molecule has 1 heterocycles. The summed E-state index contributed by atoms with van der Waals surface area (Å²) in [5, 5.41) is 3.54. The Kier molecular flexibility index (Phi) is 4.60. The topological polar surface area (TPSA) is 58.5 Å². The van der Waals surface area contributed by atoms with Crippen molar-refractivity contribution < 1.29 is 9.59 Å². The van der Waals surface area contributed by atoms with E-state index in [1.807, 2.05) is 36.4 Å². The van der Waals surface area contributed by atoms with Crippen LogP contribution in [0, 0.1) is 5.92 Å². The van der Waals surface area contributed by atoms with Gasteiger partial charge in [-0.15, -0.1) is 0 Å². The fourth-order valence-corrected chi connectivity index (χ4v) is 4.01. The molecular weight excluding hydrogens is 348 g/mol. The molecule has 0 radical (unpaired) electrons. The molecule has 0 spiro atoms. The van der Waals surface area contributed by atoms with E-state index in [4.69, 9.17) is 11.6 Å². The number of aliphatic imine (C=N–C) groups is 1. The molecule has 0 saturated heterocycles. The number of hydrogen-bond acceptors (Lipinski definition) is 2. The fraction of sp³-hybridized carbons (Fsp3) is 0.286. The molecule has 1 unspecified atom stereocenters. The first-order valence-corrected chi connectivity index (χ1v) is 9.27. The number of carbonyl (C=O) groups excluding carboxylic acids is 2. The maximum Gasteiger partial charge on any atom is 0.251 e. The quantitative estimate of drug-likeness (QED) is 0.862. The standard InChI is InChI=1S/C21H19ClN2O2/c22-18-8-4-1-5-13(18)11-20(25)23-14-9-10-16-15-6-2-3-7-17(15)21(26)24-19(16)12-14/h1,4-5,8-10,12,16H,2-3,6-7,11H2,(H,24,26). The Morgan fingerprint density at radius 2 is 2.04 bits per heavy atom. The zero-order valence-corrected chi connectivity index (χ0v) is 15.1. The molecule has 0 aromatic heterocycles. The Bertz CT molecular complexity index is 908. The number of allylic oxidation sites excluding steroid dienone is 3. The monoisotopic (exact) mass is 366 g/mol. The minimum atomic E-state index is -0.257. The molecule has 2 amide bonds. The van der Waals surface area contributed by atoms with E-state index in [1.165, 1.54) is 5.57 Å². The maximum absolute atomic E-state index is 12.3. The highest BCUT2D eigenvalue weighted by atomic mass is 35.5. The summed E-state index contributed by atoms with van der Waals surface area (Å²) in [6.07, 6.45) is 9.90. The van der Waals surface area contributed by atoms with E-state index in [1.54, 1.807) is 6.07 Å². The van der Waals surface area contributed by atoms with Gasteiger partial charge in [0.25, 0.3) is 11.8 Å². The molecule has 1 aromatic rings. The number of hydrogen-bond donors (Lipinski definition) is 1. The zero-order valence-electron chi connectivity index (χ0n) is 14.3. The van der Waals surface area contributed by atoms with E-state index in [2.05, 4.69) is 10.3 Å². The molecule has 1 atom stereocenters. The predicted molar refractivity (Wildman–Crippen MR) is 102 cm³/mol. The van der Waals surface area contributed by atoms with Gasteiger partial charge in [-0.25, -0.2) is 4.99 Å². The van der Waals surface area contributed by atoms with Gasteiger partial charge in [-0.3, -0.25) is 9.59 Å². The number of nitrogens with zero attached hydrogens (tertiary/aromatic N) is 1. The first-order valence-electron chi connectivity index (χ1n) is 8.90. The van der Waals surface area contributed by atoms with E-state index in [0.29, 0.717) is 10.7 Å². The van der Waals surface area contributed by atoms with E-state index in [0.717, 1.165) is 42.5 Å². The van der Waals surface area contributed by atoms with Gasteiger partial charge in [-0.05, 0) is 55.0 Å². The van der Waals surface area contributed by atoms with Crippen molar-refractivity contribution in [3.8, 4) is 0 Å². The number of halogens is 1. The Morgan fingerprint density at radius 3 is 2.88 bits per heavy atom. The molecule has 2 aliphatic carbocycles. The molecule has 1 aliphatic heterocycles. The van der Waals surface area contributed by atoms with E-state index in [9.17, 15) is 9.59 Å². The molecule has 0 bridgehead atoms. The summed E-state index contributed by atoms with van der Waals surface area (Å²) in [6.45, 7) is 0. The van der Waals surface area contributed by atoms with E-state index < -0.39 is 0 Å². The first-order chi connectivity index (χ1) is 12.6. The van der Waals surface area contributed by atoms with Crippen LogP contribution in [0.15, 0.2) is 64.3 Å². The van der Waals surface area contributed by atoms with Crippen molar-refractivity contribution in [2.75, 3.05) is 0 Å². The minimum Gasteiger partial charge on any atom is -0.325 e. The number of nitrogens with one attached hydrogen (secondary N) is 1. The maximum atomic E-state index is 12.3. The number of fused-ring (bicyclic) bond motifs is 2. The zero-order chi connectivity index (χ0) is 18.1. The summed E-state index contributed by atoms with van der Waals surface area (Å²) in [5.74, 6) is -0.146. The molecule has 3 aliphatic rings. The summed E-state index contributed by atoms with van der Waals surface area (Å²) in [5.41, 5.74) is 4.31. The van der Waals surface area contributed by atoms with Crippen molar-refractivity contribution in [3.05, 3.63) is 69.9 Å². The Labute approximate surface area is 157 Å². The second kappa shape index (κ2) is 7.04. The lowest BCUT2D eigenvalue weighted by Gasteiger charge is -2.33. The van der Waals surface area contributed by atoms with Crippen LogP contribution < -0.4 is 5.32 Å². The van der Waals surface area contributed by atoms with Gasteiger partial charge in [-0.1, -0.05) is 35.9 Å². The molecular formula is C21H19ClN2O2. The highest BCUT2D eigenvalue weighted by Crippen LogP contribution is 2.38. The average Bonchev–Trinajstić information content (AvgIpc) is 2.64. The van der Waals surface area contributed by atoms with Gasteiger partial charge in [0.05, 0.1) is 12.1 Å². The Morgan fingerprint density at radius 1 is 1.23 bits per heavy atom. The summed E-state index contributed by atoms with van der Waals surface area (Å²) >= 11 is 6.10. The average molecular weight is 367 g/mol. The molecule has 4 nitrogen and oxygen atoms in total. The van der Waals surface area contributed by atoms with E-state index >= 15 is 0 Å². The Hall–Kier alpha value is -2.46. The lowest BCUT2D eigenvalue weighted by molar-refractivity contribution is -0.118. The highest BCUT2D eigenvalue weighted by molar-refractivity contribution is 6.31. The van der Waals surface area contributed by atoms with Gasteiger partial charge in [0.2, 0.25) is 0 Å². The lowest BCUT2D eigenvalue weighted by Crippen LogP contribution is -2.37. The fourth-order valence-electron chi connectivity index (χ4n) is 3.81. The summed E-state index contributed by atoms with van der Waals surface area (Å²) in [4.78, 5) is 28.8. The van der Waals surface area contributed by atoms with Crippen LogP contribution in [0.2, 0.25) is 5.02 Å². The first kappa shape index (κ1) is 17.0. The normalized spacial score (nSPS) is 23.3. The SMILES string of the molecule is O=C(Cc1ccccc1Cl)N=C1C=CC2C(=C1)NC(=O)C1=C2CCCC1. The molecule has 26 heavy (non-hydrogen) atoms. The number of carbonyl (C=O) groups is 2. The molecule has 0 fully saturated rings. The molecule has 4 rings (SSSR count). The molecule has 1 aromatic carbocycles. The largest absolute Gasteiger partial charge is 0.325 e. The van der Waals surface area contributed by atoms with Gasteiger partial charge < -0.3 is 5.32 Å². The van der Waals surface area contributed by atoms with Gasteiger partial charge in [0, 0.05) is 22.2 Å². The third-order valence-corrected chi connectivity index (χ3v) is 5.44. The van der Waals surface area contributed by atoms with Crippen LogP contribution in [0.25, 0.3) is 0 Å². The number of benzene rings is 1. The molecule has 1 N–H and O–H groups in total. The lowest BCUT2D eigenvalue weighted by atomic mass is 9.77. The summed E-state index contributed by atoms with van der Waals surface area (Å²) in [7, 11) is 0. The van der Waals surface area contributed by atoms with Crippen LogP contribution in [0.5, 0.6) is 0 Å². The van der Waals surface area contributed by atoms with Gasteiger partial charge in [0.1, 0.15) is 0 Å². The van der Waals surface area contributed by atoms with Crippen molar-refractivity contribution in [2.45, 2.75) is 32.1 Å². The Balaban J connectivity index is 1.55. The van der Waals surface area contributed by atoms with E-state index in [-0.39, 0.29) is 24.2 Å². The minimum absolute atomic E-state index is 0.000700. The third kappa shape index (κ3) is 3.29. The second-order valence-corrected chi connectivity index (χ2v) is 7.21. The van der Waals surface area contributed by atoms with Crippen molar-refractivity contribution in [1.29, 1.82) is 0 Å².